The number of ether oxygens (including phenoxy) is 2. The summed E-state index contributed by atoms with van der Waals surface area (Å²) in [7, 11) is 0. The molecule has 0 aromatic carbocycles. The van der Waals surface area contributed by atoms with Crippen LogP contribution in [-0.2, 0) is 9.47 Å². The van der Waals surface area contributed by atoms with Gasteiger partial charge in [0.1, 0.15) is 0 Å². The maximum absolute atomic E-state index is 5.57. The summed E-state index contributed by atoms with van der Waals surface area (Å²) in [5, 5.41) is 0. The second-order valence-electron chi connectivity index (χ2n) is 3.74. The number of rotatable bonds is 2. The minimum atomic E-state index is 0.471. The summed E-state index contributed by atoms with van der Waals surface area (Å²) in [5.41, 5.74) is 5.57. The fraction of sp³-hybridized carbons (Fsp3) is 1.00. The second-order valence-corrected chi connectivity index (χ2v) is 3.74. The SMILES string of the molecule is NCCC1COCC2COCCN12. The molecule has 0 bridgehead atoms. The highest BCUT2D eigenvalue weighted by Crippen LogP contribution is 2.18. The van der Waals surface area contributed by atoms with Gasteiger partial charge in [0.2, 0.25) is 0 Å². The molecule has 0 aliphatic carbocycles. The molecular formula is C9H18N2O2. The van der Waals surface area contributed by atoms with Gasteiger partial charge in [0, 0.05) is 12.6 Å². The molecule has 4 nitrogen and oxygen atoms in total. The van der Waals surface area contributed by atoms with Crippen LogP contribution in [0.2, 0.25) is 0 Å². The average molecular weight is 186 g/mol. The number of hydrogen-bond acceptors (Lipinski definition) is 4. The van der Waals surface area contributed by atoms with Crippen LogP contribution in [0.4, 0.5) is 0 Å². The van der Waals surface area contributed by atoms with Crippen LogP contribution in [0.5, 0.6) is 0 Å². The Morgan fingerprint density at radius 3 is 2.92 bits per heavy atom. The number of nitrogens with zero attached hydrogens (tertiary/aromatic N) is 1. The molecule has 2 saturated heterocycles. The van der Waals surface area contributed by atoms with Crippen molar-refractivity contribution in [3.05, 3.63) is 0 Å². The topological polar surface area (TPSA) is 47.7 Å². The molecule has 4 heteroatoms. The van der Waals surface area contributed by atoms with Crippen LogP contribution >= 0.6 is 0 Å². The highest BCUT2D eigenvalue weighted by Gasteiger charge is 2.32. The van der Waals surface area contributed by atoms with E-state index in [1.165, 1.54) is 0 Å². The van der Waals surface area contributed by atoms with Crippen molar-refractivity contribution in [2.45, 2.75) is 18.5 Å². The second kappa shape index (κ2) is 4.37. The molecule has 2 aliphatic heterocycles. The Balaban J connectivity index is 1.94. The van der Waals surface area contributed by atoms with Crippen LogP contribution in [0.3, 0.4) is 0 Å². The molecule has 2 fully saturated rings. The van der Waals surface area contributed by atoms with Gasteiger partial charge in [-0.1, -0.05) is 0 Å². The monoisotopic (exact) mass is 186 g/mol. The van der Waals surface area contributed by atoms with Gasteiger partial charge in [-0.05, 0) is 13.0 Å². The van der Waals surface area contributed by atoms with E-state index in [1.807, 2.05) is 0 Å². The lowest BCUT2D eigenvalue weighted by Crippen LogP contribution is -2.58. The first-order chi connectivity index (χ1) is 6.42. The summed E-state index contributed by atoms with van der Waals surface area (Å²) in [4.78, 5) is 2.50. The first kappa shape index (κ1) is 9.40. The van der Waals surface area contributed by atoms with Gasteiger partial charge in [-0.2, -0.15) is 0 Å². The lowest BCUT2D eigenvalue weighted by Gasteiger charge is -2.44. The van der Waals surface area contributed by atoms with E-state index < -0.39 is 0 Å². The molecule has 2 aliphatic rings. The largest absolute Gasteiger partial charge is 0.378 e. The molecule has 0 aromatic heterocycles. The van der Waals surface area contributed by atoms with Crippen molar-refractivity contribution in [1.82, 2.24) is 4.90 Å². The Bertz CT molecular complexity index is 162. The molecule has 2 N–H and O–H groups in total. The molecule has 0 amide bonds. The van der Waals surface area contributed by atoms with Gasteiger partial charge in [0.25, 0.3) is 0 Å². The minimum Gasteiger partial charge on any atom is -0.378 e. The third-order valence-corrected chi connectivity index (χ3v) is 2.86. The molecule has 0 radical (unpaired) electrons. The molecular weight excluding hydrogens is 168 g/mol. The van der Waals surface area contributed by atoms with Gasteiger partial charge in [-0.25, -0.2) is 0 Å². The van der Waals surface area contributed by atoms with Crippen molar-refractivity contribution >= 4 is 0 Å². The predicted molar refractivity (Wildman–Crippen MR) is 49.6 cm³/mol. The standard InChI is InChI=1S/C9H18N2O2/c10-2-1-8-5-13-7-9-6-12-4-3-11(8)9/h8-9H,1-7,10H2. The summed E-state index contributed by atoms with van der Waals surface area (Å²) in [5.74, 6) is 0. The Hall–Kier alpha value is -0.160. The van der Waals surface area contributed by atoms with E-state index in [2.05, 4.69) is 4.90 Å². The van der Waals surface area contributed by atoms with Crippen molar-refractivity contribution < 1.29 is 9.47 Å². The van der Waals surface area contributed by atoms with Crippen LogP contribution in [-0.4, -0.2) is 56.5 Å². The summed E-state index contributed by atoms with van der Waals surface area (Å²) >= 11 is 0. The molecule has 2 atom stereocenters. The van der Waals surface area contributed by atoms with Gasteiger partial charge in [-0.15, -0.1) is 0 Å². The Kier molecular flexibility index (Phi) is 3.16. The smallest absolute Gasteiger partial charge is 0.0645 e. The van der Waals surface area contributed by atoms with Crippen LogP contribution < -0.4 is 5.73 Å². The summed E-state index contributed by atoms with van der Waals surface area (Å²) in [6.45, 7) is 5.13. The third kappa shape index (κ3) is 2.02. The lowest BCUT2D eigenvalue weighted by molar-refractivity contribution is -0.113. The van der Waals surface area contributed by atoms with Crippen molar-refractivity contribution in [3.8, 4) is 0 Å². The number of fused-ring (bicyclic) bond motifs is 1. The molecule has 0 saturated carbocycles. The van der Waals surface area contributed by atoms with E-state index in [4.69, 9.17) is 15.2 Å². The fourth-order valence-electron chi connectivity index (χ4n) is 2.17. The van der Waals surface area contributed by atoms with E-state index in [0.717, 1.165) is 45.9 Å². The molecule has 2 heterocycles. The van der Waals surface area contributed by atoms with Gasteiger partial charge in [0.15, 0.2) is 0 Å². The van der Waals surface area contributed by atoms with Gasteiger partial charge in [0.05, 0.1) is 32.5 Å². The first-order valence-corrected chi connectivity index (χ1v) is 5.03. The summed E-state index contributed by atoms with van der Waals surface area (Å²) < 4.78 is 10.9. The lowest BCUT2D eigenvalue weighted by atomic mass is 10.1. The Morgan fingerprint density at radius 1 is 1.23 bits per heavy atom. The van der Waals surface area contributed by atoms with Crippen molar-refractivity contribution in [2.24, 2.45) is 5.73 Å². The predicted octanol–water partition coefficient (Wildman–Crippen LogP) is -0.565. The first-order valence-electron chi connectivity index (χ1n) is 5.03. The maximum atomic E-state index is 5.57. The molecule has 0 spiro atoms. The van der Waals surface area contributed by atoms with Gasteiger partial charge in [-0.3, -0.25) is 4.90 Å². The Morgan fingerprint density at radius 2 is 2.08 bits per heavy atom. The van der Waals surface area contributed by atoms with Crippen molar-refractivity contribution in [3.63, 3.8) is 0 Å². The van der Waals surface area contributed by atoms with Gasteiger partial charge < -0.3 is 15.2 Å². The quantitative estimate of drug-likeness (QED) is 0.627. The summed E-state index contributed by atoms with van der Waals surface area (Å²) in [6, 6.07) is 0.992. The van der Waals surface area contributed by atoms with Gasteiger partial charge >= 0.3 is 0 Å². The Labute approximate surface area is 79.0 Å². The molecule has 2 unspecified atom stereocenters. The third-order valence-electron chi connectivity index (χ3n) is 2.86. The number of hydrogen-bond donors (Lipinski definition) is 1. The highest BCUT2D eigenvalue weighted by atomic mass is 16.5. The molecule has 2 rings (SSSR count). The number of nitrogens with two attached hydrogens (primary N) is 1. The van der Waals surface area contributed by atoms with E-state index in [-0.39, 0.29) is 0 Å². The van der Waals surface area contributed by atoms with Crippen molar-refractivity contribution in [1.29, 1.82) is 0 Å². The number of morpholine rings is 2. The highest BCUT2D eigenvalue weighted by molar-refractivity contribution is 4.85. The van der Waals surface area contributed by atoms with E-state index in [1.54, 1.807) is 0 Å². The van der Waals surface area contributed by atoms with E-state index in [0.29, 0.717) is 12.1 Å². The average Bonchev–Trinajstić information content (AvgIpc) is 2.19. The minimum absolute atomic E-state index is 0.471. The molecule has 76 valence electrons. The summed E-state index contributed by atoms with van der Waals surface area (Å²) in [6.07, 6.45) is 1.04. The zero-order valence-corrected chi connectivity index (χ0v) is 7.95. The van der Waals surface area contributed by atoms with Crippen LogP contribution in [0.1, 0.15) is 6.42 Å². The molecule has 13 heavy (non-hydrogen) atoms. The van der Waals surface area contributed by atoms with Crippen LogP contribution in [0, 0.1) is 0 Å². The normalized spacial score (nSPS) is 35.8. The zero-order chi connectivity index (χ0) is 9.10. The zero-order valence-electron chi connectivity index (χ0n) is 7.95. The van der Waals surface area contributed by atoms with Crippen LogP contribution in [0.25, 0.3) is 0 Å². The molecule has 0 aromatic rings. The van der Waals surface area contributed by atoms with Crippen LogP contribution in [0.15, 0.2) is 0 Å². The van der Waals surface area contributed by atoms with E-state index in [9.17, 15) is 0 Å². The van der Waals surface area contributed by atoms with E-state index >= 15 is 0 Å². The fourth-order valence-corrected chi connectivity index (χ4v) is 2.17. The maximum Gasteiger partial charge on any atom is 0.0645 e. The van der Waals surface area contributed by atoms with Crippen molar-refractivity contribution in [2.75, 3.05) is 39.5 Å².